The largest absolute Gasteiger partial charge is 0.457 e. The molecule has 0 atom stereocenters. The van der Waals surface area contributed by atoms with Gasteiger partial charge in [0.05, 0.1) is 10.5 Å². The highest BCUT2D eigenvalue weighted by atomic mass is 32.2. The monoisotopic (exact) mass is 443 g/mol. The number of imide groups is 1. The van der Waals surface area contributed by atoms with Crippen molar-refractivity contribution in [2.75, 3.05) is 6.54 Å². The molecule has 0 spiro atoms. The van der Waals surface area contributed by atoms with Gasteiger partial charge in [0.2, 0.25) is 0 Å². The third kappa shape index (κ3) is 4.59. The van der Waals surface area contributed by atoms with Gasteiger partial charge >= 0.3 is 6.18 Å². The first-order valence-corrected chi connectivity index (χ1v) is 10.2. The van der Waals surface area contributed by atoms with E-state index in [2.05, 4.69) is 0 Å². The number of halogens is 3. The van der Waals surface area contributed by atoms with Crippen molar-refractivity contribution < 1.29 is 27.2 Å². The minimum absolute atomic E-state index is 0.0301. The Kier molecular flexibility index (Phi) is 5.73. The number of amides is 2. The number of furan rings is 1. The summed E-state index contributed by atoms with van der Waals surface area (Å²) in [4.78, 5) is 26.2. The minimum atomic E-state index is -4.52. The van der Waals surface area contributed by atoms with E-state index < -0.39 is 17.6 Å². The number of hydrogen-bond acceptors (Lipinski definition) is 4. The van der Waals surface area contributed by atoms with Crippen LogP contribution in [-0.4, -0.2) is 22.6 Å². The lowest BCUT2D eigenvalue weighted by atomic mass is 10.1. The zero-order valence-electron chi connectivity index (χ0n) is 16.1. The van der Waals surface area contributed by atoms with Crippen molar-refractivity contribution >= 4 is 29.0 Å². The number of benzene rings is 2. The summed E-state index contributed by atoms with van der Waals surface area (Å²) in [7, 11) is 0. The van der Waals surface area contributed by atoms with Crippen molar-refractivity contribution in [3.8, 4) is 11.3 Å². The predicted molar refractivity (Wildman–Crippen MR) is 112 cm³/mol. The van der Waals surface area contributed by atoms with Crippen LogP contribution in [0.5, 0.6) is 0 Å². The van der Waals surface area contributed by atoms with Gasteiger partial charge in [0, 0.05) is 18.2 Å². The van der Waals surface area contributed by atoms with Crippen LogP contribution in [0.2, 0.25) is 0 Å². The Hall–Kier alpha value is -3.26. The summed E-state index contributed by atoms with van der Waals surface area (Å²) < 4.78 is 45.3. The van der Waals surface area contributed by atoms with Crippen LogP contribution in [-0.2, 0) is 17.4 Å². The Morgan fingerprint density at radius 3 is 2.39 bits per heavy atom. The van der Waals surface area contributed by atoms with Crippen molar-refractivity contribution in [1.82, 2.24) is 4.90 Å². The van der Waals surface area contributed by atoms with Gasteiger partial charge in [-0.2, -0.15) is 13.2 Å². The molecule has 1 fully saturated rings. The fourth-order valence-electron chi connectivity index (χ4n) is 3.23. The molecule has 2 amide bonds. The number of nitrogens with zero attached hydrogens (tertiary/aromatic N) is 1. The van der Waals surface area contributed by atoms with Gasteiger partial charge in [-0.05, 0) is 41.9 Å². The maximum Gasteiger partial charge on any atom is 0.417 e. The first-order chi connectivity index (χ1) is 14.8. The fourth-order valence-corrected chi connectivity index (χ4v) is 4.07. The van der Waals surface area contributed by atoms with Crippen LogP contribution >= 0.6 is 11.8 Å². The first-order valence-electron chi connectivity index (χ1n) is 9.38. The van der Waals surface area contributed by atoms with Gasteiger partial charge in [-0.1, -0.05) is 48.5 Å². The van der Waals surface area contributed by atoms with Crippen molar-refractivity contribution in [1.29, 1.82) is 0 Å². The third-order valence-corrected chi connectivity index (χ3v) is 5.65. The topological polar surface area (TPSA) is 50.5 Å². The molecule has 0 unspecified atom stereocenters. The highest BCUT2D eigenvalue weighted by molar-refractivity contribution is 8.18. The number of rotatable bonds is 5. The second kappa shape index (κ2) is 8.47. The van der Waals surface area contributed by atoms with Crippen LogP contribution < -0.4 is 0 Å². The average molecular weight is 443 g/mol. The molecule has 4 rings (SSSR count). The Balaban J connectivity index is 1.52. The maximum absolute atomic E-state index is 13.3. The molecular formula is C23H16F3NO3S. The SMILES string of the molecule is O=C1S/C(=C/c2ccc(-c3ccccc3C(F)(F)F)o2)C(=O)N1CCc1ccccc1. The third-order valence-electron chi connectivity index (χ3n) is 4.74. The predicted octanol–water partition coefficient (Wildman–Crippen LogP) is 6.24. The van der Waals surface area contributed by atoms with E-state index >= 15 is 0 Å². The average Bonchev–Trinajstić information content (AvgIpc) is 3.31. The number of alkyl halides is 3. The quantitative estimate of drug-likeness (QED) is 0.438. The summed E-state index contributed by atoms with van der Waals surface area (Å²) in [6.07, 6.45) is -2.61. The minimum Gasteiger partial charge on any atom is -0.457 e. The van der Waals surface area contributed by atoms with Gasteiger partial charge in [-0.3, -0.25) is 14.5 Å². The Morgan fingerprint density at radius 2 is 1.65 bits per heavy atom. The molecule has 2 aromatic carbocycles. The molecule has 0 saturated carbocycles. The first kappa shape index (κ1) is 21.0. The van der Waals surface area contributed by atoms with Crippen LogP contribution in [0.15, 0.2) is 76.1 Å². The lowest BCUT2D eigenvalue weighted by Gasteiger charge is -2.12. The van der Waals surface area contributed by atoms with Gasteiger partial charge in [-0.25, -0.2) is 0 Å². The Morgan fingerprint density at radius 1 is 0.935 bits per heavy atom. The molecule has 1 aliphatic rings. The van der Waals surface area contributed by atoms with Gasteiger partial charge in [0.25, 0.3) is 11.1 Å². The van der Waals surface area contributed by atoms with E-state index in [9.17, 15) is 22.8 Å². The van der Waals surface area contributed by atoms with E-state index in [-0.39, 0.29) is 33.8 Å². The summed E-state index contributed by atoms with van der Waals surface area (Å²) in [5.41, 5.74) is 0.104. The number of thioether (sulfide) groups is 1. The molecule has 158 valence electrons. The summed E-state index contributed by atoms with van der Waals surface area (Å²) in [5.74, 6) is -0.220. The van der Waals surface area contributed by atoms with E-state index in [0.29, 0.717) is 6.42 Å². The van der Waals surface area contributed by atoms with Crippen molar-refractivity contribution in [3.05, 3.63) is 88.5 Å². The molecule has 1 aliphatic heterocycles. The lowest BCUT2D eigenvalue weighted by Crippen LogP contribution is -2.30. The molecule has 2 heterocycles. The normalized spacial score (nSPS) is 15.8. The van der Waals surface area contributed by atoms with Crippen LogP contribution in [0.4, 0.5) is 18.0 Å². The van der Waals surface area contributed by atoms with Crippen molar-refractivity contribution in [2.45, 2.75) is 12.6 Å². The second-order valence-electron chi connectivity index (χ2n) is 6.81. The second-order valence-corrected chi connectivity index (χ2v) is 7.81. The Labute approximate surface area is 180 Å². The molecule has 0 bridgehead atoms. The molecular weight excluding hydrogens is 427 g/mol. The van der Waals surface area contributed by atoms with E-state index in [4.69, 9.17) is 4.42 Å². The zero-order valence-corrected chi connectivity index (χ0v) is 16.9. The van der Waals surface area contributed by atoms with Crippen LogP contribution in [0.25, 0.3) is 17.4 Å². The smallest absolute Gasteiger partial charge is 0.417 e. The molecule has 4 nitrogen and oxygen atoms in total. The molecule has 1 saturated heterocycles. The molecule has 1 aromatic heterocycles. The van der Waals surface area contributed by atoms with E-state index in [1.54, 1.807) is 0 Å². The molecule has 3 aromatic rings. The van der Waals surface area contributed by atoms with Gasteiger partial charge in [0.15, 0.2) is 0 Å². The highest BCUT2D eigenvalue weighted by Gasteiger charge is 2.36. The summed E-state index contributed by atoms with van der Waals surface area (Å²) in [5, 5.41) is -0.388. The molecule has 0 radical (unpaired) electrons. The Bertz CT molecular complexity index is 1150. The van der Waals surface area contributed by atoms with Gasteiger partial charge < -0.3 is 4.42 Å². The van der Waals surface area contributed by atoms with Crippen molar-refractivity contribution in [3.63, 3.8) is 0 Å². The van der Waals surface area contributed by atoms with E-state index in [1.807, 2.05) is 30.3 Å². The summed E-state index contributed by atoms with van der Waals surface area (Å²) in [6, 6.07) is 17.5. The molecule has 31 heavy (non-hydrogen) atoms. The van der Waals surface area contributed by atoms with E-state index in [0.717, 1.165) is 28.3 Å². The molecule has 0 aliphatic carbocycles. The maximum atomic E-state index is 13.3. The number of carbonyl (C=O) groups excluding carboxylic acids is 2. The van der Waals surface area contributed by atoms with Gasteiger partial charge in [-0.15, -0.1) is 0 Å². The summed E-state index contributed by atoms with van der Waals surface area (Å²) in [6.45, 7) is 0.244. The van der Waals surface area contributed by atoms with Crippen LogP contribution in [0.1, 0.15) is 16.9 Å². The van der Waals surface area contributed by atoms with E-state index in [1.165, 1.54) is 36.4 Å². The standard InChI is InChI=1S/C23H16F3NO3S/c24-23(25,26)18-9-5-4-8-17(18)19-11-10-16(30-19)14-20-21(28)27(22(29)31-20)13-12-15-6-2-1-3-7-15/h1-11,14H,12-13H2/b20-14+. The fraction of sp³-hybridized carbons (Fsp3) is 0.130. The molecule has 8 heteroatoms. The van der Waals surface area contributed by atoms with Crippen LogP contribution in [0, 0.1) is 0 Å². The number of hydrogen-bond donors (Lipinski definition) is 0. The van der Waals surface area contributed by atoms with Crippen molar-refractivity contribution in [2.24, 2.45) is 0 Å². The molecule has 0 N–H and O–H groups in total. The summed E-state index contributed by atoms with van der Waals surface area (Å²) >= 11 is 0.783. The zero-order chi connectivity index (χ0) is 22.0. The van der Waals surface area contributed by atoms with Gasteiger partial charge in [0.1, 0.15) is 11.5 Å². The van der Waals surface area contributed by atoms with Crippen LogP contribution in [0.3, 0.4) is 0 Å². The highest BCUT2D eigenvalue weighted by Crippen LogP contribution is 2.38. The lowest BCUT2D eigenvalue weighted by molar-refractivity contribution is -0.137. The number of carbonyl (C=O) groups is 2.